The minimum atomic E-state index is -0.587. The molecular weight excluding hydrogens is 236 g/mol. The molecule has 0 saturated heterocycles. The Labute approximate surface area is 104 Å². The molecule has 0 unspecified atom stereocenters. The lowest BCUT2D eigenvalue weighted by atomic mass is 10.2. The van der Waals surface area contributed by atoms with Crippen LogP contribution in [-0.2, 0) is 6.54 Å². The fourth-order valence-electron chi connectivity index (χ4n) is 1.83. The van der Waals surface area contributed by atoms with Gasteiger partial charge in [0, 0.05) is 25.0 Å². The zero-order chi connectivity index (χ0) is 13.0. The molecule has 0 amide bonds. The number of aromatic nitrogens is 2. The first-order valence-corrected chi connectivity index (χ1v) is 5.83. The fraction of sp³-hybridized carbons (Fsp3) is 0.308. The molecule has 1 aromatic heterocycles. The summed E-state index contributed by atoms with van der Waals surface area (Å²) in [7, 11) is 1.88. The highest BCUT2D eigenvalue weighted by molar-refractivity contribution is 5.56. The van der Waals surface area contributed by atoms with Gasteiger partial charge in [-0.05, 0) is 32.1 Å². The quantitative estimate of drug-likeness (QED) is 0.827. The minimum absolute atomic E-state index is 0.325. The van der Waals surface area contributed by atoms with Gasteiger partial charge in [0.15, 0.2) is 0 Å². The molecule has 2 rings (SSSR count). The monoisotopic (exact) mass is 251 g/mol. The van der Waals surface area contributed by atoms with Gasteiger partial charge in [0.05, 0.1) is 5.56 Å². The number of nitrogens with zero attached hydrogens (tertiary/aromatic N) is 2. The molecule has 0 radical (unpaired) electrons. The predicted molar refractivity (Wildman–Crippen MR) is 66.1 cm³/mol. The Morgan fingerprint density at radius 1 is 1.33 bits per heavy atom. The molecule has 0 fully saturated rings. The lowest BCUT2D eigenvalue weighted by Crippen LogP contribution is -2.11. The second kappa shape index (κ2) is 5.73. The van der Waals surface area contributed by atoms with Crippen LogP contribution in [0.15, 0.2) is 30.6 Å². The fourth-order valence-corrected chi connectivity index (χ4v) is 1.83. The molecule has 1 aromatic carbocycles. The number of rotatable bonds is 5. The standard InChI is InChI=1S/C13H15F2N3/c1-16-5-2-7-18-8-6-17-13(18)11-4-3-10(14)9-12(11)15/h3-4,6,8-9,16H,2,5,7H2,1H3. The molecule has 96 valence electrons. The topological polar surface area (TPSA) is 29.9 Å². The van der Waals surface area contributed by atoms with Gasteiger partial charge in [0.1, 0.15) is 17.5 Å². The van der Waals surface area contributed by atoms with Crippen LogP contribution in [-0.4, -0.2) is 23.1 Å². The summed E-state index contributed by atoms with van der Waals surface area (Å²) in [6.45, 7) is 1.62. The van der Waals surface area contributed by atoms with E-state index in [0.29, 0.717) is 11.4 Å². The van der Waals surface area contributed by atoms with Crippen LogP contribution in [0.3, 0.4) is 0 Å². The average Bonchev–Trinajstić information content (AvgIpc) is 2.78. The Bertz CT molecular complexity index is 523. The van der Waals surface area contributed by atoms with Crippen molar-refractivity contribution >= 4 is 0 Å². The van der Waals surface area contributed by atoms with Crippen LogP contribution in [0.25, 0.3) is 11.4 Å². The minimum Gasteiger partial charge on any atom is -0.331 e. The Morgan fingerprint density at radius 2 is 2.17 bits per heavy atom. The van der Waals surface area contributed by atoms with E-state index in [0.717, 1.165) is 25.6 Å². The van der Waals surface area contributed by atoms with Gasteiger partial charge in [-0.1, -0.05) is 0 Å². The van der Waals surface area contributed by atoms with Crippen LogP contribution in [0.4, 0.5) is 8.78 Å². The molecule has 0 bridgehead atoms. The van der Waals surface area contributed by atoms with Crippen molar-refractivity contribution in [2.45, 2.75) is 13.0 Å². The van der Waals surface area contributed by atoms with Crippen LogP contribution < -0.4 is 5.32 Å². The smallest absolute Gasteiger partial charge is 0.142 e. The van der Waals surface area contributed by atoms with Crippen molar-refractivity contribution in [2.24, 2.45) is 0 Å². The van der Waals surface area contributed by atoms with E-state index in [-0.39, 0.29) is 0 Å². The Kier molecular flexibility index (Phi) is 4.04. The van der Waals surface area contributed by atoms with Gasteiger partial charge in [-0.25, -0.2) is 13.8 Å². The third-order valence-corrected chi connectivity index (χ3v) is 2.71. The van der Waals surface area contributed by atoms with Crippen molar-refractivity contribution in [1.82, 2.24) is 14.9 Å². The first-order chi connectivity index (χ1) is 8.72. The number of benzene rings is 1. The molecule has 1 heterocycles. The van der Waals surface area contributed by atoms with E-state index < -0.39 is 11.6 Å². The number of halogens is 2. The molecule has 5 heteroatoms. The first-order valence-electron chi connectivity index (χ1n) is 5.83. The zero-order valence-electron chi connectivity index (χ0n) is 10.2. The van der Waals surface area contributed by atoms with Gasteiger partial charge in [-0.15, -0.1) is 0 Å². The highest BCUT2D eigenvalue weighted by Crippen LogP contribution is 2.22. The van der Waals surface area contributed by atoms with Gasteiger partial charge in [0.2, 0.25) is 0 Å². The van der Waals surface area contributed by atoms with Gasteiger partial charge in [-0.3, -0.25) is 0 Å². The summed E-state index contributed by atoms with van der Waals surface area (Å²) in [5.41, 5.74) is 0.325. The maximum absolute atomic E-state index is 13.7. The lowest BCUT2D eigenvalue weighted by Gasteiger charge is -2.08. The van der Waals surface area contributed by atoms with Crippen molar-refractivity contribution < 1.29 is 8.78 Å². The first kappa shape index (κ1) is 12.7. The van der Waals surface area contributed by atoms with E-state index in [1.165, 1.54) is 12.1 Å². The number of hydrogen-bond acceptors (Lipinski definition) is 2. The van der Waals surface area contributed by atoms with Crippen molar-refractivity contribution in [1.29, 1.82) is 0 Å². The van der Waals surface area contributed by atoms with Gasteiger partial charge in [0.25, 0.3) is 0 Å². The van der Waals surface area contributed by atoms with Crippen LogP contribution >= 0.6 is 0 Å². The summed E-state index contributed by atoms with van der Waals surface area (Å²) in [6, 6.07) is 3.54. The van der Waals surface area contributed by atoms with Crippen LogP contribution in [0, 0.1) is 11.6 Å². The maximum Gasteiger partial charge on any atom is 0.142 e. The number of imidazole rings is 1. The average molecular weight is 251 g/mol. The van der Waals surface area contributed by atoms with Crippen LogP contribution in [0.1, 0.15) is 6.42 Å². The Morgan fingerprint density at radius 3 is 2.89 bits per heavy atom. The summed E-state index contributed by atoms with van der Waals surface area (Å²) in [6.07, 6.45) is 4.34. The van der Waals surface area contributed by atoms with Crippen molar-refractivity contribution in [2.75, 3.05) is 13.6 Å². The SMILES string of the molecule is CNCCCn1ccnc1-c1ccc(F)cc1F. The predicted octanol–water partition coefficient (Wildman–Crippen LogP) is 2.44. The molecule has 0 atom stereocenters. The summed E-state index contributed by atoms with van der Waals surface area (Å²) < 4.78 is 28.4. The van der Waals surface area contributed by atoms with E-state index >= 15 is 0 Å². The molecule has 1 N–H and O–H groups in total. The van der Waals surface area contributed by atoms with Gasteiger partial charge in [-0.2, -0.15) is 0 Å². The second-order valence-electron chi connectivity index (χ2n) is 4.03. The molecule has 18 heavy (non-hydrogen) atoms. The van der Waals surface area contributed by atoms with Gasteiger partial charge >= 0.3 is 0 Å². The lowest BCUT2D eigenvalue weighted by molar-refractivity contribution is 0.580. The van der Waals surface area contributed by atoms with Crippen molar-refractivity contribution in [3.05, 3.63) is 42.2 Å². The number of hydrogen-bond donors (Lipinski definition) is 1. The number of nitrogens with one attached hydrogen (secondary N) is 1. The second-order valence-corrected chi connectivity index (χ2v) is 4.03. The van der Waals surface area contributed by atoms with E-state index in [1.807, 2.05) is 11.6 Å². The highest BCUT2D eigenvalue weighted by atomic mass is 19.1. The van der Waals surface area contributed by atoms with E-state index in [4.69, 9.17) is 0 Å². The Hall–Kier alpha value is -1.75. The van der Waals surface area contributed by atoms with Crippen LogP contribution in [0.2, 0.25) is 0 Å². The third-order valence-electron chi connectivity index (χ3n) is 2.71. The summed E-state index contributed by atoms with van der Waals surface area (Å²) in [5, 5.41) is 3.05. The molecule has 0 aliphatic rings. The van der Waals surface area contributed by atoms with E-state index in [1.54, 1.807) is 12.4 Å². The molecule has 3 nitrogen and oxygen atoms in total. The third kappa shape index (κ3) is 2.73. The van der Waals surface area contributed by atoms with E-state index in [2.05, 4.69) is 10.3 Å². The summed E-state index contributed by atoms with van der Waals surface area (Å²) in [5.74, 6) is -0.635. The summed E-state index contributed by atoms with van der Waals surface area (Å²) in [4.78, 5) is 4.14. The van der Waals surface area contributed by atoms with Crippen molar-refractivity contribution in [3.8, 4) is 11.4 Å². The highest BCUT2D eigenvalue weighted by Gasteiger charge is 2.11. The largest absolute Gasteiger partial charge is 0.331 e. The molecular formula is C13H15F2N3. The van der Waals surface area contributed by atoms with E-state index in [9.17, 15) is 8.78 Å². The Balaban J connectivity index is 2.25. The normalized spacial score (nSPS) is 10.8. The molecule has 0 aliphatic heterocycles. The van der Waals surface area contributed by atoms with Crippen LogP contribution in [0.5, 0.6) is 0 Å². The molecule has 0 spiro atoms. The van der Waals surface area contributed by atoms with Gasteiger partial charge < -0.3 is 9.88 Å². The summed E-state index contributed by atoms with van der Waals surface area (Å²) >= 11 is 0. The molecule has 2 aromatic rings. The zero-order valence-corrected chi connectivity index (χ0v) is 10.2. The molecule has 0 aliphatic carbocycles. The number of aryl methyl sites for hydroxylation is 1. The maximum atomic E-state index is 13.7. The van der Waals surface area contributed by atoms with Crippen molar-refractivity contribution in [3.63, 3.8) is 0 Å². The molecule has 0 saturated carbocycles.